The Kier molecular flexibility index (Phi) is 9.37. The topological polar surface area (TPSA) is 126 Å². The zero-order chi connectivity index (χ0) is 23.7. The molecule has 0 aliphatic heterocycles. The van der Waals surface area contributed by atoms with Crippen molar-refractivity contribution in [2.24, 2.45) is 5.73 Å². The van der Waals surface area contributed by atoms with Gasteiger partial charge in [0.2, 0.25) is 15.9 Å². The Bertz CT molecular complexity index is 1020. The molecule has 4 N–H and O–H groups in total. The van der Waals surface area contributed by atoms with Crippen molar-refractivity contribution >= 4 is 21.8 Å². The van der Waals surface area contributed by atoms with Gasteiger partial charge in [0.1, 0.15) is 11.9 Å². The number of benzene rings is 2. The molecule has 0 unspecified atom stereocenters. The van der Waals surface area contributed by atoms with E-state index in [1.54, 1.807) is 55.6 Å². The van der Waals surface area contributed by atoms with Gasteiger partial charge in [0.05, 0.1) is 11.5 Å². The van der Waals surface area contributed by atoms with Crippen molar-refractivity contribution in [2.45, 2.75) is 37.1 Å². The minimum absolute atomic E-state index is 0.0975. The average molecular weight is 461 g/mol. The number of methoxy groups -OCH3 is 1. The van der Waals surface area contributed by atoms with Crippen LogP contribution in [0.15, 0.2) is 53.4 Å². The highest BCUT2D eigenvalue weighted by Crippen LogP contribution is 2.15. The fourth-order valence-electron chi connectivity index (χ4n) is 3.26. The SMILES string of the molecule is CCCc1ccc(S(=O)(=O)N[C@@H](Cc2cccc(C(=N)N)c2)C(=O)N(C)CCOC)cc1. The van der Waals surface area contributed by atoms with Gasteiger partial charge in [-0.05, 0) is 42.2 Å². The van der Waals surface area contributed by atoms with E-state index in [9.17, 15) is 13.2 Å². The molecule has 2 rings (SSSR count). The first kappa shape index (κ1) is 25.5. The van der Waals surface area contributed by atoms with Crippen LogP contribution in [0.25, 0.3) is 0 Å². The van der Waals surface area contributed by atoms with Crippen molar-refractivity contribution in [3.05, 3.63) is 65.2 Å². The molecule has 0 saturated heterocycles. The third kappa shape index (κ3) is 7.15. The Labute approximate surface area is 190 Å². The van der Waals surface area contributed by atoms with E-state index in [1.165, 1.54) is 12.0 Å². The summed E-state index contributed by atoms with van der Waals surface area (Å²) < 4.78 is 33.7. The number of amides is 1. The van der Waals surface area contributed by atoms with Gasteiger partial charge in [-0.15, -0.1) is 0 Å². The minimum Gasteiger partial charge on any atom is -0.384 e. The van der Waals surface area contributed by atoms with E-state index >= 15 is 0 Å². The molecular formula is C23H32N4O4S. The third-order valence-electron chi connectivity index (χ3n) is 5.05. The Morgan fingerprint density at radius 3 is 2.47 bits per heavy atom. The van der Waals surface area contributed by atoms with Crippen LogP contribution in [0.3, 0.4) is 0 Å². The van der Waals surface area contributed by atoms with Crippen molar-refractivity contribution in [1.82, 2.24) is 9.62 Å². The Morgan fingerprint density at radius 2 is 1.88 bits per heavy atom. The van der Waals surface area contributed by atoms with Gasteiger partial charge in [-0.3, -0.25) is 10.2 Å². The van der Waals surface area contributed by atoms with Crippen LogP contribution < -0.4 is 10.5 Å². The van der Waals surface area contributed by atoms with E-state index in [2.05, 4.69) is 11.6 Å². The van der Waals surface area contributed by atoms with Crippen molar-refractivity contribution < 1.29 is 17.9 Å². The minimum atomic E-state index is -3.93. The summed E-state index contributed by atoms with van der Waals surface area (Å²) in [5.74, 6) is -0.471. The summed E-state index contributed by atoms with van der Waals surface area (Å²) in [7, 11) is -0.791. The fourth-order valence-corrected chi connectivity index (χ4v) is 4.45. The van der Waals surface area contributed by atoms with Gasteiger partial charge in [0.25, 0.3) is 0 Å². The molecule has 0 aliphatic rings. The van der Waals surface area contributed by atoms with Crippen molar-refractivity contribution in [2.75, 3.05) is 27.3 Å². The van der Waals surface area contributed by atoms with Crippen LogP contribution in [-0.2, 0) is 32.4 Å². The molecular weight excluding hydrogens is 428 g/mol. The number of carbonyl (C=O) groups excluding carboxylic acids is 1. The van der Waals surface area contributed by atoms with Gasteiger partial charge < -0.3 is 15.4 Å². The maximum atomic E-state index is 13.1. The zero-order valence-corrected chi connectivity index (χ0v) is 19.6. The molecule has 2 aromatic rings. The van der Waals surface area contributed by atoms with Gasteiger partial charge in [0.15, 0.2) is 0 Å². The molecule has 0 fully saturated rings. The van der Waals surface area contributed by atoms with E-state index in [1.807, 2.05) is 0 Å². The molecule has 32 heavy (non-hydrogen) atoms. The number of carbonyl (C=O) groups is 1. The van der Waals surface area contributed by atoms with Crippen molar-refractivity contribution in [3.8, 4) is 0 Å². The summed E-state index contributed by atoms with van der Waals surface area (Å²) in [6.45, 7) is 2.72. The molecule has 0 spiro atoms. The Balaban J connectivity index is 2.31. The summed E-state index contributed by atoms with van der Waals surface area (Å²) >= 11 is 0. The molecule has 0 bridgehead atoms. The Morgan fingerprint density at radius 1 is 1.19 bits per heavy atom. The number of ether oxygens (including phenoxy) is 1. The molecule has 0 aromatic heterocycles. The van der Waals surface area contributed by atoms with Crippen molar-refractivity contribution in [1.29, 1.82) is 5.41 Å². The second-order valence-electron chi connectivity index (χ2n) is 7.64. The summed E-state index contributed by atoms with van der Waals surface area (Å²) in [6, 6.07) is 12.5. The van der Waals surface area contributed by atoms with Gasteiger partial charge in [0, 0.05) is 26.3 Å². The highest BCUT2D eigenvalue weighted by molar-refractivity contribution is 7.89. The first-order chi connectivity index (χ1) is 15.2. The van der Waals surface area contributed by atoms with E-state index < -0.39 is 16.1 Å². The van der Waals surface area contributed by atoms with Crippen LogP contribution in [0.2, 0.25) is 0 Å². The lowest BCUT2D eigenvalue weighted by Crippen LogP contribution is -2.49. The lowest BCUT2D eigenvalue weighted by molar-refractivity contribution is -0.132. The molecule has 9 heteroatoms. The summed E-state index contributed by atoms with van der Waals surface area (Å²) in [5.41, 5.74) is 7.83. The second kappa shape index (κ2) is 11.8. The maximum Gasteiger partial charge on any atom is 0.241 e. The lowest BCUT2D eigenvalue weighted by Gasteiger charge is -2.24. The second-order valence-corrected chi connectivity index (χ2v) is 9.35. The van der Waals surface area contributed by atoms with E-state index in [0.29, 0.717) is 24.3 Å². The molecule has 0 aliphatic carbocycles. The van der Waals surface area contributed by atoms with Crippen LogP contribution in [0.1, 0.15) is 30.0 Å². The number of likely N-dealkylation sites (N-methyl/N-ethyl adjacent to an activating group) is 1. The van der Waals surface area contributed by atoms with Gasteiger partial charge in [-0.2, -0.15) is 4.72 Å². The molecule has 8 nitrogen and oxygen atoms in total. The number of nitrogens with two attached hydrogens (primary N) is 1. The van der Waals surface area contributed by atoms with E-state index in [-0.39, 0.29) is 23.1 Å². The van der Waals surface area contributed by atoms with Crippen LogP contribution in [-0.4, -0.2) is 58.4 Å². The largest absolute Gasteiger partial charge is 0.384 e. The zero-order valence-electron chi connectivity index (χ0n) is 18.8. The molecule has 174 valence electrons. The summed E-state index contributed by atoms with van der Waals surface area (Å²) in [5, 5.41) is 7.62. The highest BCUT2D eigenvalue weighted by atomic mass is 32.2. The van der Waals surface area contributed by atoms with Crippen LogP contribution in [0.5, 0.6) is 0 Å². The fraction of sp³-hybridized carbons (Fsp3) is 0.391. The number of sulfonamides is 1. The first-order valence-corrected chi connectivity index (χ1v) is 11.9. The number of aryl methyl sites for hydroxylation is 1. The molecule has 2 aromatic carbocycles. The monoisotopic (exact) mass is 460 g/mol. The maximum absolute atomic E-state index is 13.1. The summed E-state index contributed by atoms with van der Waals surface area (Å²) in [6.07, 6.45) is 1.95. The van der Waals surface area contributed by atoms with E-state index in [0.717, 1.165) is 18.4 Å². The molecule has 0 saturated carbocycles. The third-order valence-corrected chi connectivity index (χ3v) is 6.54. The molecule has 1 amide bonds. The number of hydrogen-bond acceptors (Lipinski definition) is 5. The quantitative estimate of drug-likeness (QED) is 0.330. The Hall–Kier alpha value is -2.75. The predicted octanol–water partition coefficient (Wildman–Crippen LogP) is 1.92. The first-order valence-electron chi connectivity index (χ1n) is 10.5. The van der Waals surface area contributed by atoms with Crippen LogP contribution >= 0.6 is 0 Å². The number of rotatable bonds is 12. The van der Waals surface area contributed by atoms with Crippen LogP contribution in [0, 0.1) is 5.41 Å². The number of nitrogen functional groups attached to an aromatic ring is 1. The van der Waals surface area contributed by atoms with Crippen LogP contribution in [0.4, 0.5) is 0 Å². The average Bonchev–Trinajstić information content (AvgIpc) is 2.77. The smallest absolute Gasteiger partial charge is 0.241 e. The number of amidine groups is 1. The number of hydrogen-bond donors (Lipinski definition) is 3. The summed E-state index contributed by atoms with van der Waals surface area (Å²) in [4.78, 5) is 14.6. The van der Waals surface area contributed by atoms with Gasteiger partial charge >= 0.3 is 0 Å². The number of nitrogens with one attached hydrogen (secondary N) is 2. The van der Waals surface area contributed by atoms with Crippen molar-refractivity contribution in [3.63, 3.8) is 0 Å². The number of nitrogens with zero attached hydrogens (tertiary/aromatic N) is 1. The molecule has 0 radical (unpaired) electrons. The highest BCUT2D eigenvalue weighted by Gasteiger charge is 2.28. The normalized spacial score (nSPS) is 12.3. The molecule has 1 atom stereocenters. The lowest BCUT2D eigenvalue weighted by atomic mass is 10.0. The van der Waals surface area contributed by atoms with Gasteiger partial charge in [-0.1, -0.05) is 43.7 Å². The van der Waals surface area contributed by atoms with E-state index in [4.69, 9.17) is 15.9 Å². The predicted molar refractivity (Wildman–Crippen MR) is 125 cm³/mol. The van der Waals surface area contributed by atoms with Gasteiger partial charge in [-0.25, -0.2) is 8.42 Å². The standard InChI is InChI=1S/C23H32N4O4S/c1-4-6-17-9-11-20(12-10-17)32(29,30)26-21(23(28)27(2)13-14-31-3)16-18-7-5-8-19(15-18)22(24)25/h5,7-12,15,21,26H,4,6,13-14,16H2,1-3H3,(H3,24,25)/t21-/m0/s1. The molecule has 0 heterocycles.